The van der Waals surface area contributed by atoms with Crippen LogP contribution < -0.4 is 4.74 Å². The van der Waals surface area contributed by atoms with Crippen LogP contribution in [0.3, 0.4) is 0 Å². The fraction of sp³-hybridized carbons (Fsp3) is 0.250. The van der Waals surface area contributed by atoms with Crippen molar-refractivity contribution in [1.29, 1.82) is 0 Å². The lowest BCUT2D eigenvalue weighted by molar-refractivity contribution is 0.111. The number of aryl methyl sites for hydroxylation is 1. The topological polar surface area (TPSA) is 30.7 Å². The second-order valence-corrected chi connectivity index (χ2v) is 8.98. The highest BCUT2D eigenvalue weighted by atomic mass is 16.5. The standard InChI is InChI=1S/C28H29NO2/c1-5-20-11-13-23-16-24(26(18-30)29(23)17-20)22-12-14-27(25(15-22)28(2,3)4)31-19-21-9-7-6-8-10-21/h6-18H,5,19H2,1-4H3. The molecule has 0 saturated carbocycles. The fourth-order valence-electron chi connectivity index (χ4n) is 3.94. The van der Waals surface area contributed by atoms with Crippen LogP contribution in [0.4, 0.5) is 0 Å². The van der Waals surface area contributed by atoms with Crippen molar-refractivity contribution in [3.63, 3.8) is 0 Å². The number of nitrogens with zero attached hydrogens (tertiary/aromatic N) is 1. The van der Waals surface area contributed by atoms with E-state index in [9.17, 15) is 4.79 Å². The Kier molecular flexibility index (Phi) is 5.69. The summed E-state index contributed by atoms with van der Waals surface area (Å²) < 4.78 is 8.21. The number of rotatable bonds is 6. The summed E-state index contributed by atoms with van der Waals surface area (Å²) in [5.74, 6) is 0.879. The normalized spacial score (nSPS) is 11.6. The number of aldehydes is 1. The van der Waals surface area contributed by atoms with Crippen LogP contribution in [0.15, 0.2) is 72.9 Å². The average molecular weight is 412 g/mol. The van der Waals surface area contributed by atoms with Gasteiger partial charge in [-0.3, -0.25) is 4.79 Å². The van der Waals surface area contributed by atoms with Crippen LogP contribution in [0, 0.1) is 0 Å². The molecule has 0 fully saturated rings. The molecule has 158 valence electrons. The zero-order valence-electron chi connectivity index (χ0n) is 18.7. The highest BCUT2D eigenvalue weighted by Crippen LogP contribution is 2.37. The molecule has 4 aromatic rings. The molecule has 3 heteroatoms. The van der Waals surface area contributed by atoms with Crippen molar-refractivity contribution in [3.05, 3.63) is 95.3 Å². The summed E-state index contributed by atoms with van der Waals surface area (Å²) in [5, 5.41) is 0. The van der Waals surface area contributed by atoms with Gasteiger partial charge in [-0.1, -0.05) is 70.2 Å². The number of ether oxygens (including phenoxy) is 1. The second-order valence-electron chi connectivity index (χ2n) is 8.98. The van der Waals surface area contributed by atoms with Gasteiger partial charge in [0.2, 0.25) is 0 Å². The second kappa shape index (κ2) is 8.43. The van der Waals surface area contributed by atoms with Gasteiger partial charge in [-0.2, -0.15) is 0 Å². The molecule has 0 unspecified atom stereocenters. The van der Waals surface area contributed by atoms with E-state index in [1.807, 2.05) is 28.7 Å². The SMILES string of the molecule is CCc1ccc2cc(-c3ccc(OCc4ccccc4)c(C(C)(C)C)c3)c(C=O)n2c1. The van der Waals surface area contributed by atoms with Crippen LogP contribution in [0.2, 0.25) is 0 Å². The maximum absolute atomic E-state index is 12.0. The quantitative estimate of drug-likeness (QED) is 0.325. The van der Waals surface area contributed by atoms with Gasteiger partial charge in [-0.05, 0) is 52.8 Å². The van der Waals surface area contributed by atoms with Gasteiger partial charge in [0.25, 0.3) is 0 Å². The maximum Gasteiger partial charge on any atom is 0.167 e. The van der Waals surface area contributed by atoms with Gasteiger partial charge < -0.3 is 9.14 Å². The maximum atomic E-state index is 12.0. The first-order chi connectivity index (χ1) is 14.9. The molecule has 2 aromatic carbocycles. The Morgan fingerprint density at radius 2 is 1.71 bits per heavy atom. The predicted octanol–water partition coefficient (Wildman–Crippen LogP) is 6.86. The highest BCUT2D eigenvalue weighted by Gasteiger charge is 2.21. The molecule has 31 heavy (non-hydrogen) atoms. The summed E-state index contributed by atoms with van der Waals surface area (Å²) in [6.45, 7) is 9.21. The van der Waals surface area contributed by atoms with E-state index in [1.54, 1.807) is 0 Å². The van der Waals surface area contributed by atoms with E-state index >= 15 is 0 Å². The van der Waals surface area contributed by atoms with Gasteiger partial charge in [0, 0.05) is 22.8 Å². The summed E-state index contributed by atoms with van der Waals surface area (Å²) in [6.07, 6.45) is 3.95. The van der Waals surface area contributed by atoms with Crippen LogP contribution in [0.25, 0.3) is 16.6 Å². The third kappa shape index (κ3) is 4.27. The summed E-state index contributed by atoms with van der Waals surface area (Å²) in [6, 6.07) is 22.7. The van der Waals surface area contributed by atoms with Crippen molar-refractivity contribution in [2.45, 2.75) is 46.1 Å². The van der Waals surface area contributed by atoms with E-state index < -0.39 is 0 Å². The molecule has 0 aliphatic heterocycles. The molecule has 0 saturated heterocycles. The summed E-state index contributed by atoms with van der Waals surface area (Å²) in [5.41, 5.74) is 7.06. The molecule has 2 aromatic heterocycles. The van der Waals surface area contributed by atoms with Crippen molar-refractivity contribution in [2.75, 3.05) is 0 Å². The molecule has 0 spiro atoms. The minimum atomic E-state index is -0.0993. The molecule has 0 bridgehead atoms. The van der Waals surface area contributed by atoms with E-state index in [0.717, 1.165) is 46.2 Å². The van der Waals surface area contributed by atoms with Crippen LogP contribution in [-0.4, -0.2) is 10.7 Å². The number of carbonyl (C=O) groups is 1. The third-order valence-corrected chi connectivity index (χ3v) is 5.72. The number of hydrogen-bond acceptors (Lipinski definition) is 2. The average Bonchev–Trinajstić information content (AvgIpc) is 3.15. The molecule has 0 aliphatic rings. The highest BCUT2D eigenvalue weighted by molar-refractivity contribution is 5.90. The van der Waals surface area contributed by atoms with Crippen LogP contribution >= 0.6 is 0 Å². The first-order valence-corrected chi connectivity index (χ1v) is 10.8. The Balaban J connectivity index is 1.77. The Morgan fingerprint density at radius 1 is 0.935 bits per heavy atom. The lowest BCUT2D eigenvalue weighted by Crippen LogP contribution is -2.13. The number of benzene rings is 2. The number of hydrogen-bond donors (Lipinski definition) is 0. The van der Waals surface area contributed by atoms with Gasteiger partial charge >= 0.3 is 0 Å². The van der Waals surface area contributed by atoms with E-state index in [-0.39, 0.29) is 5.41 Å². The molecule has 0 radical (unpaired) electrons. The molecular weight excluding hydrogens is 382 g/mol. The first kappa shape index (κ1) is 20.9. The molecule has 0 amide bonds. The Bertz CT molecular complexity index is 1210. The van der Waals surface area contributed by atoms with Crippen molar-refractivity contribution >= 4 is 11.8 Å². The minimum Gasteiger partial charge on any atom is -0.489 e. The van der Waals surface area contributed by atoms with E-state index in [2.05, 4.69) is 76.4 Å². The van der Waals surface area contributed by atoms with Gasteiger partial charge in [0.05, 0.1) is 5.69 Å². The summed E-state index contributed by atoms with van der Waals surface area (Å²) >= 11 is 0. The van der Waals surface area contributed by atoms with Crippen LogP contribution in [0.5, 0.6) is 5.75 Å². The smallest absolute Gasteiger partial charge is 0.167 e. The van der Waals surface area contributed by atoms with Gasteiger partial charge in [0.15, 0.2) is 6.29 Å². The van der Waals surface area contributed by atoms with Gasteiger partial charge in [-0.25, -0.2) is 0 Å². The largest absolute Gasteiger partial charge is 0.489 e. The van der Waals surface area contributed by atoms with E-state index in [0.29, 0.717) is 12.3 Å². The van der Waals surface area contributed by atoms with Crippen LogP contribution in [-0.2, 0) is 18.4 Å². The molecule has 0 N–H and O–H groups in total. The summed E-state index contributed by atoms with van der Waals surface area (Å²) in [4.78, 5) is 12.0. The van der Waals surface area contributed by atoms with Gasteiger partial charge in [0.1, 0.15) is 12.4 Å². The summed E-state index contributed by atoms with van der Waals surface area (Å²) in [7, 11) is 0. The Morgan fingerprint density at radius 3 is 2.39 bits per heavy atom. The Hall–Kier alpha value is -3.33. The lowest BCUT2D eigenvalue weighted by atomic mass is 9.84. The zero-order chi connectivity index (χ0) is 22.0. The Labute approximate surface area is 184 Å². The fourth-order valence-corrected chi connectivity index (χ4v) is 3.94. The van der Waals surface area contributed by atoms with Crippen LogP contribution in [0.1, 0.15) is 54.9 Å². The first-order valence-electron chi connectivity index (χ1n) is 10.8. The van der Waals surface area contributed by atoms with Crippen molar-refractivity contribution < 1.29 is 9.53 Å². The van der Waals surface area contributed by atoms with Crippen molar-refractivity contribution in [1.82, 2.24) is 4.40 Å². The van der Waals surface area contributed by atoms with Gasteiger partial charge in [-0.15, -0.1) is 0 Å². The lowest BCUT2D eigenvalue weighted by Gasteiger charge is -2.24. The monoisotopic (exact) mass is 411 g/mol. The molecule has 0 aliphatic carbocycles. The van der Waals surface area contributed by atoms with Crippen molar-refractivity contribution in [2.24, 2.45) is 0 Å². The molecule has 4 rings (SSSR count). The number of pyridine rings is 1. The van der Waals surface area contributed by atoms with Crippen molar-refractivity contribution in [3.8, 4) is 16.9 Å². The number of aromatic nitrogens is 1. The molecule has 2 heterocycles. The molecular formula is C28H29NO2. The molecule has 3 nitrogen and oxygen atoms in total. The molecule has 0 atom stereocenters. The minimum absolute atomic E-state index is 0.0993. The third-order valence-electron chi connectivity index (χ3n) is 5.72. The predicted molar refractivity (Wildman–Crippen MR) is 127 cm³/mol. The number of fused-ring (bicyclic) bond motifs is 1. The van der Waals surface area contributed by atoms with E-state index in [4.69, 9.17) is 4.74 Å². The zero-order valence-corrected chi connectivity index (χ0v) is 18.7. The van der Waals surface area contributed by atoms with E-state index in [1.165, 1.54) is 5.56 Å². The number of carbonyl (C=O) groups excluding carboxylic acids is 1.